The summed E-state index contributed by atoms with van der Waals surface area (Å²) in [5.74, 6) is 0.422. The number of halogens is 1. The minimum atomic E-state index is -0.431. The van der Waals surface area contributed by atoms with Gasteiger partial charge >= 0.3 is 0 Å². The van der Waals surface area contributed by atoms with Gasteiger partial charge in [-0.15, -0.1) is 0 Å². The molecule has 130 valence electrons. The summed E-state index contributed by atoms with van der Waals surface area (Å²) in [6.45, 7) is 5.77. The Hall–Kier alpha value is -1.96. The van der Waals surface area contributed by atoms with Gasteiger partial charge in [0, 0.05) is 32.2 Å². The number of aromatic nitrogens is 2. The second-order valence-corrected chi connectivity index (χ2v) is 6.60. The summed E-state index contributed by atoms with van der Waals surface area (Å²) < 4.78 is 19.5. The van der Waals surface area contributed by atoms with Crippen molar-refractivity contribution >= 4 is 17.7 Å². The number of hydrogen-bond donors (Lipinski definition) is 0. The van der Waals surface area contributed by atoms with Gasteiger partial charge in [0.25, 0.3) is 0 Å². The van der Waals surface area contributed by atoms with Crippen molar-refractivity contribution in [1.29, 1.82) is 0 Å². The number of morpholine rings is 1. The van der Waals surface area contributed by atoms with Crippen LogP contribution in [0.1, 0.15) is 19.8 Å². The normalized spacial score (nSPS) is 27.6. The molecule has 0 unspecified atom stereocenters. The molecule has 3 aliphatic heterocycles. The molecule has 0 bridgehead atoms. The lowest BCUT2D eigenvalue weighted by Crippen LogP contribution is -2.59. The van der Waals surface area contributed by atoms with E-state index in [4.69, 9.17) is 4.74 Å². The molecule has 8 heteroatoms. The van der Waals surface area contributed by atoms with E-state index in [2.05, 4.69) is 9.97 Å². The Morgan fingerprint density at radius 3 is 2.83 bits per heavy atom. The maximum atomic E-state index is 14.2. The van der Waals surface area contributed by atoms with E-state index < -0.39 is 5.82 Å². The molecule has 1 aromatic heterocycles. The van der Waals surface area contributed by atoms with E-state index in [-0.39, 0.29) is 18.0 Å². The van der Waals surface area contributed by atoms with Crippen LogP contribution in [-0.2, 0) is 9.53 Å². The summed E-state index contributed by atoms with van der Waals surface area (Å²) in [7, 11) is 0. The first-order chi connectivity index (χ1) is 11.6. The molecule has 0 radical (unpaired) electrons. The highest BCUT2D eigenvalue weighted by Gasteiger charge is 2.41. The maximum absolute atomic E-state index is 14.2. The molecule has 0 spiro atoms. The molecule has 24 heavy (non-hydrogen) atoms. The first-order valence-electron chi connectivity index (χ1n) is 8.57. The third-order valence-electron chi connectivity index (χ3n) is 5.17. The molecular weight excluding hydrogens is 313 g/mol. The minimum Gasteiger partial charge on any atom is -0.378 e. The second kappa shape index (κ2) is 6.16. The third kappa shape index (κ3) is 2.58. The molecule has 3 saturated heterocycles. The first-order valence-corrected chi connectivity index (χ1v) is 8.57. The van der Waals surface area contributed by atoms with Crippen LogP contribution in [0, 0.1) is 5.82 Å². The van der Waals surface area contributed by atoms with E-state index in [1.54, 1.807) is 0 Å². The van der Waals surface area contributed by atoms with Gasteiger partial charge in [-0.2, -0.15) is 4.98 Å². The highest BCUT2D eigenvalue weighted by atomic mass is 19.1. The van der Waals surface area contributed by atoms with Crippen LogP contribution in [0.5, 0.6) is 0 Å². The molecule has 3 aliphatic rings. The van der Waals surface area contributed by atoms with E-state index in [0.717, 1.165) is 19.4 Å². The Bertz CT molecular complexity index is 637. The van der Waals surface area contributed by atoms with E-state index in [9.17, 15) is 9.18 Å². The van der Waals surface area contributed by atoms with Gasteiger partial charge < -0.3 is 19.4 Å². The number of rotatable bonds is 2. The van der Waals surface area contributed by atoms with Gasteiger partial charge in [0.05, 0.1) is 19.4 Å². The number of amides is 1. The zero-order valence-corrected chi connectivity index (χ0v) is 13.8. The summed E-state index contributed by atoms with van der Waals surface area (Å²) in [4.78, 5) is 27.0. The molecular formula is C16H22FN5O2. The maximum Gasteiger partial charge on any atom is 0.245 e. The average Bonchev–Trinajstić information content (AvgIpc) is 3.08. The largest absolute Gasteiger partial charge is 0.378 e. The van der Waals surface area contributed by atoms with Gasteiger partial charge in [-0.25, -0.2) is 9.37 Å². The Balaban J connectivity index is 1.62. The number of carbonyl (C=O) groups is 1. The molecule has 1 amide bonds. The lowest BCUT2D eigenvalue weighted by Gasteiger charge is -2.41. The van der Waals surface area contributed by atoms with Crippen LogP contribution < -0.4 is 9.80 Å². The summed E-state index contributed by atoms with van der Waals surface area (Å²) in [6.07, 6.45) is 3.26. The van der Waals surface area contributed by atoms with Crippen molar-refractivity contribution in [3.63, 3.8) is 0 Å². The predicted molar refractivity (Wildman–Crippen MR) is 86.6 cm³/mol. The fourth-order valence-electron chi connectivity index (χ4n) is 3.81. The van der Waals surface area contributed by atoms with Crippen molar-refractivity contribution in [2.45, 2.75) is 31.8 Å². The zero-order valence-electron chi connectivity index (χ0n) is 13.8. The molecule has 3 fully saturated rings. The molecule has 7 nitrogen and oxygen atoms in total. The molecule has 0 N–H and O–H groups in total. The van der Waals surface area contributed by atoms with Crippen LogP contribution in [0.2, 0.25) is 0 Å². The van der Waals surface area contributed by atoms with Crippen molar-refractivity contribution < 1.29 is 13.9 Å². The average molecular weight is 335 g/mol. The topological polar surface area (TPSA) is 61.8 Å². The van der Waals surface area contributed by atoms with Gasteiger partial charge in [-0.3, -0.25) is 4.79 Å². The minimum absolute atomic E-state index is 0.115. The number of piperazine rings is 1. The van der Waals surface area contributed by atoms with Gasteiger partial charge in [0.15, 0.2) is 11.6 Å². The molecule has 0 aliphatic carbocycles. The Morgan fingerprint density at radius 2 is 2.04 bits per heavy atom. The molecule has 2 atom stereocenters. The number of hydrogen-bond acceptors (Lipinski definition) is 6. The Kier molecular flexibility index (Phi) is 3.99. The van der Waals surface area contributed by atoms with Gasteiger partial charge in [0.1, 0.15) is 6.04 Å². The van der Waals surface area contributed by atoms with Crippen LogP contribution >= 0.6 is 0 Å². The predicted octanol–water partition coefficient (Wildman–Crippen LogP) is 0.652. The monoisotopic (exact) mass is 335 g/mol. The first kappa shape index (κ1) is 15.6. The van der Waals surface area contributed by atoms with E-state index in [1.165, 1.54) is 6.20 Å². The highest BCUT2D eigenvalue weighted by molar-refractivity contribution is 5.86. The SMILES string of the molecule is C[C@H]1C(=O)N2CCC[C@H]2CN1c1ncc(F)c(N2CCOCC2)n1. The Labute approximate surface area is 140 Å². The fourth-order valence-corrected chi connectivity index (χ4v) is 3.81. The molecule has 0 aromatic carbocycles. The van der Waals surface area contributed by atoms with Crippen molar-refractivity contribution in [3.8, 4) is 0 Å². The molecule has 1 aromatic rings. The van der Waals surface area contributed by atoms with Crippen LogP contribution in [0.15, 0.2) is 6.20 Å². The fraction of sp³-hybridized carbons (Fsp3) is 0.688. The van der Waals surface area contributed by atoms with Crippen LogP contribution in [0.3, 0.4) is 0 Å². The van der Waals surface area contributed by atoms with Gasteiger partial charge in [0.2, 0.25) is 11.9 Å². The van der Waals surface area contributed by atoms with Gasteiger partial charge in [-0.05, 0) is 19.8 Å². The zero-order chi connectivity index (χ0) is 16.7. The van der Waals surface area contributed by atoms with Crippen molar-refractivity contribution in [1.82, 2.24) is 14.9 Å². The second-order valence-electron chi connectivity index (χ2n) is 6.60. The van der Waals surface area contributed by atoms with Crippen LogP contribution in [-0.4, -0.2) is 72.3 Å². The van der Waals surface area contributed by atoms with Crippen molar-refractivity contribution in [2.75, 3.05) is 49.2 Å². The summed E-state index contributed by atoms with van der Waals surface area (Å²) in [5.41, 5.74) is 0. The lowest BCUT2D eigenvalue weighted by atomic mass is 10.1. The molecule has 4 heterocycles. The van der Waals surface area contributed by atoms with E-state index >= 15 is 0 Å². The van der Waals surface area contributed by atoms with Crippen molar-refractivity contribution in [2.24, 2.45) is 0 Å². The van der Waals surface area contributed by atoms with Crippen molar-refractivity contribution in [3.05, 3.63) is 12.0 Å². The number of ether oxygens (including phenoxy) is 1. The molecule has 0 saturated carbocycles. The standard InChI is InChI=1S/C16H22FN5O2/c1-11-15(23)21-4-2-3-12(21)10-22(11)16-18-9-13(17)14(19-16)20-5-7-24-8-6-20/h9,11-12H,2-8,10H2,1H3/t11-,12-/m0/s1. The van der Waals surface area contributed by atoms with Gasteiger partial charge in [-0.1, -0.05) is 0 Å². The van der Waals surface area contributed by atoms with E-state index in [1.807, 2.05) is 21.6 Å². The van der Waals surface area contributed by atoms with Crippen LogP contribution in [0.25, 0.3) is 0 Å². The highest BCUT2D eigenvalue weighted by Crippen LogP contribution is 2.29. The number of carbonyl (C=O) groups excluding carboxylic acids is 1. The summed E-state index contributed by atoms with van der Waals surface area (Å²) >= 11 is 0. The lowest BCUT2D eigenvalue weighted by molar-refractivity contribution is -0.134. The smallest absolute Gasteiger partial charge is 0.245 e. The molecule has 4 rings (SSSR count). The van der Waals surface area contributed by atoms with E-state index in [0.29, 0.717) is 44.6 Å². The number of anilines is 2. The van der Waals surface area contributed by atoms with Crippen LogP contribution in [0.4, 0.5) is 16.2 Å². The number of fused-ring (bicyclic) bond motifs is 1. The quantitative estimate of drug-likeness (QED) is 0.791. The number of nitrogens with zero attached hydrogens (tertiary/aromatic N) is 5. The summed E-state index contributed by atoms with van der Waals surface area (Å²) in [6, 6.07) is -0.100. The third-order valence-corrected chi connectivity index (χ3v) is 5.17. The summed E-state index contributed by atoms with van der Waals surface area (Å²) in [5, 5.41) is 0. The Morgan fingerprint density at radius 1 is 1.25 bits per heavy atom.